The van der Waals surface area contributed by atoms with Crippen LogP contribution in [0.15, 0.2) is 0 Å². The highest BCUT2D eigenvalue weighted by atomic mass is 32.2. The SMILES string of the molecule is COC(=O)CN[SH](=O)=O. The van der Waals surface area contributed by atoms with E-state index < -0.39 is 16.9 Å². The van der Waals surface area contributed by atoms with Gasteiger partial charge < -0.3 is 4.74 Å². The lowest BCUT2D eigenvalue weighted by Crippen LogP contribution is -2.22. The standard InChI is InChI=1S/C3H7NO4S/c1-8-3(5)2-4-9(6)7/h9H,2H2,1H3,(H,4,6,7). The van der Waals surface area contributed by atoms with Gasteiger partial charge in [0.15, 0.2) is 0 Å². The fourth-order valence-corrected chi connectivity index (χ4v) is 0.459. The number of carbonyl (C=O) groups is 1. The van der Waals surface area contributed by atoms with Gasteiger partial charge in [-0.05, 0) is 0 Å². The number of esters is 1. The number of hydrogen-bond acceptors (Lipinski definition) is 4. The predicted molar refractivity (Wildman–Crippen MR) is 30.3 cm³/mol. The fraction of sp³-hybridized carbons (Fsp3) is 0.667. The second kappa shape index (κ2) is 4.28. The van der Waals surface area contributed by atoms with Crippen molar-refractivity contribution in [3.05, 3.63) is 0 Å². The lowest BCUT2D eigenvalue weighted by Gasteiger charge is -1.93. The molecule has 0 radical (unpaired) electrons. The zero-order valence-corrected chi connectivity index (χ0v) is 5.68. The molecule has 0 atom stereocenters. The Balaban J connectivity index is 3.39. The number of rotatable bonds is 3. The zero-order chi connectivity index (χ0) is 7.28. The highest BCUT2D eigenvalue weighted by Gasteiger charge is 1.96. The Kier molecular flexibility index (Phi) is 3.98. The molecular weight excluding hydrogens is 146 g/mol. The van der Waals surface area contributed by atoms with Crippen molar-refractivity contribution >= 4 is 16.9 Å². The van der Waals surface area contributed by atoms with E-state index >= 15 is 0 Å². The molecule has 0 aliphatic carbocycles. The van der Waals surface area contributed by atoms with Crippen LogP contribution in [-0.2, 0) is 20.4 Å². The second-order valence-electron chi connectivity index (χ2n) is 1.17. The van der Waals surface area contributed by atoms with E-state index in [9.17, 15) is 13.2 Å². The van der Waals surface area contributed by atoms with Crippen LogP contribution in [0.25, 0.3) is 0 Å². The van der Waals surface area contributed by atoms with Crippen molar-refractivity contribution in [2.24, 2.45) is 0 Å². The normalized spacial score (nSPS) is 9.56. The van der Waals surface area contributed by atoms with E-state index in [0.717, 1.165) is 0 Å². The van der Waals surface area contributed by atoms with Gasteiger partial charge in [0.1, 0.15) is 6.54 Å². The minimum atomic E-state index is -2.69. The molecule has 9 heavy (non-hydrogen) atoms. The summed E-state index contributed by atoms with van der Waals surface area (Å²) in [6.07, 6.45) is 0. The molecule has 0 aromatic heterocycles. The van der Waals surface area contributed by atoms with E-state index in [-0.39, 0.29) is 6.54 Å². The van der Waals surface area contributed by atoms with E-state index in [2.05, 4.69) is 4.74 Å². The van der Waals surface area contributed by atoms with Crippen molar-refractivity contribution in [3.8, 4) is 0 Å². The second-order valence-corrected chi connectivity index (χ2v) is 2.00. The van der Waals surface area contributed by atoms with Crippen molar-refractivity contribution in [1.82, 2.24) is 4.72 Å². The summed E-state index contributed by atoms with van der Waals surface area (Å²) in [5.74, 6) is -0.603. The largest absolute Gasteiger partial charge is 0.468 e. The average molecular weight is 153 g/mol. The highest BCUT2D eigenvalue weighted by molar-refractivity contribution is 7.70. The maximum Gasteiger partial charge on any atom is 0.320 e. The lowest BCUT2D eigenvalue weighted by molar-refractivity contribution is -0.139. The first-order chi connectivity index (χ1) is 4.16. The summed E-state index contributed by atoms with van der Waals surface area (Å²) in [6, 6.07) is 0. The molecule has 0 aliphatic rings. The zero-order valence-electron chi connectivity index (χ0n) is 4.79. The fourth-order valence-electron chi connectivity index (χ4n) is 0.201. The molecule has 0 unspecified atom stereocenters. The first kappa shape index (κ1) is 8.38. The average Bonchev–Trinajstić information content (AvgIpc) is 1.83. The number of nitrogens with one attached hydrogen (secondary N) is 1. The van der Waals surface area contributed by atoms with E-state index in [4.69, 9.17) is 0 Å². The quantitative estimate of drug-likeness (QED) is 0.373. The Hall–Kier alpha value is -0.620. The van der Waals surface area contributed by atoms with Crippen LogP contribution in [0, 0.1) is 0 Å². The van der Waals surface area contributed by atoms with Gasteiger partial charge in [-0.15, -0.1) is 0 Å². The Bertz CT molecular complexity index is 155. The van der Waals surface area contributed by atoms with Crippen molar-refractivity contribution in [2.45, 2.75) is 0 Å². The molecule has 0 heterocycles. The molecular formula is C3H7NO4S. The third-order valence-electron chi connectivity index (χ3n) is 0.580. The Morgan fingerprint density at radius 3 is 2.56 bits per heavy atom. The first-order valence-corrected chi connectivity index (χ1v) is 3.29. The van der Waals surface area contributed by atoms with Crippen molar-refractivity contribution in [1.29, 1.82) is 0 Å². The molecule has 0 rings (SSSR count). The van der Waals surface area contributed by atoms with E-state index in [1.807, 2.05) is 4.72 Å². The molecule has 1 N–H and O–H groups in total. The molecule has 5 nitrogen and oxygen atoms in total. The van der Waals surface area contributed by atoms with Gasteiger partial charge in [-0.25, -0.2) is 13.1 Å². The summed E-state index contributed by atoms with van der Waals surface area (Å²) in [5, 5.41) is 0. The molecule has 0 saturated heterocycles. The number of ether oxygens (including phenoxy) is 1. The maximum absolute atomic E-state index is 10.2. The van der Waals surface area contributed by atoms with Crippen LogP contribution in [0.1, 0.15) is 0 Å². The summed E-state index contributed by atoms with van der Waals surface area (Å²) in [5.41, 5.74) is 0. The highest BCUT2D eigenvalue weighted by Crippen LogP contribution is 1.67. The molecule has 0 aliphatic heterocycles. The van der Waals surface area contributed by atoms with Crippen molar-refractivity contribution in [2.75, 3.05) is 13.7 Å². The minimum Gasteiger partial charge on any atom is -0.468 e. The molecule has 0 bridgehead atoms. The van der Waals surface area contributed by atoms with Crippen LogP contribution in [0.4, 0.5) is 0 Å². The van der Waals surface area contributed by atoms with Gasteiger partial charge in [-0.3, -0.25) is 4.79 Å². The van der Waals surface area contributed by atoms with E-state index in [1.165, 1.54) is 7.11 Å². The maximum atomic E-state index is 10.2. The summed E-state index contributed by atoms with van der Waals surface area (Å²) in [7, 11) is -1.51. The molecule has 0 amide bonds. The number of thiol groups is 1. The molecule has 0 fully saturated rings. The van der Waals surface area contributed by atoms with Crippen LogP contribution in [-0.4, -0.2) is 28.0 Å². The first-order valence-electron chi connectivity index (χ1n) is 2.11. The third kappa shape index (κ3) is 5.25. The van der Waals surface area contributed by atoms with Gasteiger partial charge in [0, 0.05) is 0 Å². The van der Waals surface area contributed by atoms with Crippen molar-refractivity contribution in [3.63, 3.8) is 0 Å². The monoisotopic (exact) mass is 153 g/mol. The van der Waals surface area contributed by atoms with Gasteiger partial charge >= 0.3 is 5.97 Å². The Labute approximate surface area is 54.1 Å². The third-order valence-corrected chi connectivity index (χ3v) is 0.996. The molecule has 0 saturated carbocycles. The van der Waals surface area contributed by atoms with E-state index in [0.29, 0.717) is 0 Å². The number of methoxy groups -OCH3 is 1. The molecule has 0 aromatic rings. The van der Waals surface area contributed by atoms with Gasteiger partial charge in [0.25, 0.3) is 0 Å². The summed E-state index contributed by atoms with van der Waals surface area (Å²) in [6.45, 7) is -0.296. The summed E-state index contributed by atoms with van der Waals surface area (Å²) < 4.78 is 25.5. The van der Waals surface area contributed by atoms with Crippen LogP contribution in [0.2, 0.25) is 0 Å². The smallest absolute Gasteiger partial charge is 0.320 e. The Morgan fingerprint density at radius 2 is 2.22 bits per heavy atom. The van der Waals surface area contributed by atoms with Crippen LogP contribution in [0.3, 0.4) is 0 Å². The van der Waals surface area contributed by atoms with Crippen LogP contribution < -0.4 is 4.72 Å². The van der Waals surface area contributed by atoms with Gasteiger partial charge in [-0.2, -0.15) is 0 Å². The molecule has 0 spiro atoms. The van der Waals surface area contributed by atoms with Crippen LogP contribution in [0.5, 0.6) is 0 Å². The van der Waals surface area contributed by atoms with Gasteiger partial charge in [0.2, 0.25) is 10.9 Å². The lowest BCUT2D eigenvalue weighted by atomic mass is 10.7. The number of hydrogen-bond donors (Lipinski definition) is 2. The van der Waals surface area contributed by atoms with Gasteiger partial charge in [0.05, 0.1) is 7.11 Å². The molecule has 6 heteroatoms. The molecule has 54 valence electrons. The summed E-state index contributed by atoms with van der Waals surface area (Å²) in [4.78, 5) is 10.2. The van der Waals surface area contributed by atoms with Gasteiger partial charge in [-0.1, -0.05) is 0 Å². The minimum absolute atomic E-state index is 0.296. The van der Waals surface area contributed by atoms with E-state index in [1.54, 1.807) is 0 Å². The predicted octanol–water partition coefficient (Wildman–Crippen LogP) is -1.72. The summed E-state index contributed by atoms with van der Waals surface area (Å²) >= 11 is 0. The Morgan fingerprint density at radius 1 is 1.67 bits per heavy atom. The van der Waals surface area contributed by atoms with Crippen LogP contribution >= 0.6 is 0 Å². The molecule has 0 aromatic carbocycles. The topological polar surface area (TPSA) is 72.5 Å². The van der Waals surface area contributed by atoms with Crippen molar-refractivity contribution < 1.29 is 17.9 Å². The number of carbonyl (C=O) groups excluding carboxylic acids is 1.